The molecule has 2 unspecified atom stereocenters. The van der Waals surface area contributed by atoms with Gasteiger partial charge in [-0.2, -0.15) is 0 Å². The van der Waals surface area contributed by atoms with Crippen LogP contribution in [0.2, 0.25) is 0 Å². The van der Waals surface area contributed by atoms with Gasteiger partial charge in [-0.25, -0.2) is 0 Å². The summed E-state index contributed by atoms with van der Waals surface area (Å²) in [5.74, 6) is 1.26. The fraction of sp³-hybridized carbons (Fsp3) is 0.588. The molecule has 1 aromatic carbocycles. The molecule has 0 aliphatic carbocycles. The molecule has 2 saturated heterocycles. The number of Topliss-reactive ketones (excluding diaryl/α,β-unsaturated/α-hetero) is 1. The van der Waals surface area contributed by atoms with Crippen LogP contribution in [-0.4, -0.2) is 38.2 Å². The van der Waals surface area contributed by atoms with E-state index in [2.05, 4.69) is 5.32 Å². The van der Waals surface area contributed by atoms with Crippen LogP contribution in [0.5, 0.6) is 5.75 Å². The minimum atomic E-state index is 0.184. The molecule has 0 saturated carbocycles. The van der Waals surface area contributed by atoms with Crippen molar-refractivity contribution in [1.82, 2.24) is 5.32 Å². The van der Waals surface area contributed by atoms with E-state index in [-0.39, 0.29) is 11.7 Å². The third-order valence-electron chi connectivity index (χ3n) is 4.54. The van der Waals surface area contributed by atoms with Gasteiger partial charge in [-0.3, -0.25) is 4.79 Å². The van der Waals surface area contributed by atoms with Gasteiger partial charge in [-0.1, -0.05) is 0 Å². The summed E-state index contributed by atoms with van der Waals surface area (Å²) in [5, 5.41) is 3.58. The van der Waals surface area contributed by atoms with E-state index in [1.165, 1.54) is 12.8 Å². The smallest absolute Gasteiger partial charge is 0.166 e. The van der Waals surface area contributed by atoms with Crippen LogP contribution in [0.4, 0.5) is 0 Å². The fourth-order valence-corrected chi connectivity index (χ4v) is 3.47. The summed E-state index contributed by atoms with van der Waals surface area (Å²) in [5.41, 5.74) is 0.806. The monoisotopic (exact) mass is 289 g/mol. The zero-order chi connectivity index (χ0) is 14.7. The lowest BCUT2D eigenvalue weighted by Crippen LogP contribution is -2.40. The predicted octanol–water partition coefficient (Wildman–Crippen LogP) is 2.43. The predicted molar refractivity (Wildman–Crippen MR) is 80.8 cm³/mol. The molecule has 4 nitrogen and oxygen atoms in total. The molecule has 2 heterocycles. The Bertz CT molecular complexity index is 473. The number of carbonyl (C=O) groups is 1. The Kier molecular flexibility index (Phi) is 4.56. The number of fused-ring (bicyclic) bond motifs is 2. The third kappa shape index (κ3) is 3.44. The van der Waals surface area contributed by atoms with Crippen molar-refractivity contribution in [3.63, 3.8) is 0 Å². The maximum absolute atomic E-state index is 12.6. The van der Waals surface area contributed by atoms with Crippen molar-refractivity contribution >= 4 is 5.78 Å². The van der Waals surface area contributed by atoms with E-state index in [1.54, 1.807) is 7.11 Å². The molecule has 2 aliphatic heterocycles. The second-order valence-electron chi connectivity index (χ2n) is 6.04. The van der Waals surface area contributed by atoms with Crippen LogP contribution >= 0.6 is 0 Å². The molecule has 2 bridgehead atoms. The van der Waals surface area contributed by atoms with E-state index in [0.717, 1.165) is 24.2 Å². The van der Waals surface area contributed by atoms with E-state index < -0.39 is 0 Å². The van der Waals surface area contributed by atoms with Crippen molar-refractivity contribution in [2.75, 3.05) is 20.3 Å². The van der Waals surface area contributed by atoms with Crippen molar-refractivity contribution in [3.8, 4) is 5.75 Å². The number of nitrogens with one attached hydrogen (secondary N) is 1. The number of hydrogen-bond donors (Lipinski definition) is 1. The number of piperidine rings is 1. The van der Waals surface area contributed by atoms with Crippen molar-refractivity contribution in [2.45, 2.75) is 37.8 Å². The molecule has 2 aliphatic rings. The minimum Gasteiger partial charge on any atom is -0.491 e. The van der Waals surface area contributed by atoms with Crippen LogP contribution in [0.15, 0.2) is 24.3 Å². The summed E-state index contributed by atoms with van der Waals surface area (Å²) in [4.78, 5) is 12.6. The van der Waals surface area contributed by atoms with Crippen molar-refractivity contribution in [3.05, 3.63) is 29.8 Å². The highest BCUT2D eigenvalue weighted by atomic mass is 16.5. The fourth-order valence-electron chi connectivity index (χ4n) is 3.47. The molecule has 1 N–H and O–H groups in total. The first-order chi connectivity index (χ1) is 10.3. The number of ketones is 1. The minimum absolute atomic E-state index is 0.184. The van der Waals surface area contributed by atoms with Gasteiger partial charge in [0.1, 0.15) is 12.4 Å². The summed E-state index contributed by atoms with van der Waals surface area (Å²) >= 11 is 0. The van der Waals surface area contributed by atoms with Gasteiger partial charge in [0.2, 0.25) is 0 Å². The van der Waals surface area contributed by atoms with Crippen molar-refractivity contribution in [1.29, 1.82) is 0 Å². The van der Waals surface area contributed by atoms with Gasteiger partial charge >= 0.3 is 0 Å². The highest BCUT2D eigenvalue weighted by Gasteiger charge is 2.36. The molecule has 0 aromatic heterocycles. The van der Waals surface area contributed by atoms with E-state index in [9.17, 15) is 4.79 Å². The first kappa shape index (κ1) is 14.5. The van der Waals surface area contributed by atoms with Crippen LogP contribution in [-0.2, 0) is 4.74 Å². The molecule has 114 valence electrons. The number of methoxy groups -OCH3 is 1. The molecular weight excluding hydrogens is 266 g/mol. The molecule has 2 atom stereocenters. The molecule has 2 fully saturated rings. The van der Waals surface area contributed by atoms with Gasteiger partial charge < -0.3 is 14.8 Å². The highest BCUT2D eigenvalue weighted by Crippen LogP contribution is 2.33. The van der Waals surface area contributed by atoms with Crippen LogP contribution < -0.4 is 10.1 Å². The van der Waals surface area contributed by atoms with E-state index >= 15 is 0 Å². The summed E-state index contributed by atoms with van der Waals surface area (Å²) in [6, 6.07) is 8.61. The average molecular weight is 289 g/mol. The van der Waals surface area contributed by atoms with Gasteiger partial charge in [0.15, 0.2) is 5.78 Å². The van der Waals surface area contributed by atoms with E-state index in [1.807, 2.05) is 24.3 Å². The molecule has 0 spiro atoms. The first-order valence-corrected chi connectivity index (χ1v) is 7.78. The summed E-state index contributed by atoms with van der Waals surface area (Å²) in [7, 11) is 1.65. The summed E-state index contributed by atoms with van der Waals surface area (Å²) < 4.78 is 10.5. The quantitative estimate of drug-likeness (QED) is 0.645. The Morgan fingerprint density at radius 2 is 1.81 bits per heavy atom. The number of rotatable bonds is 6. The van der Waals surface area contributed by atoms with Crippen LogP contribution in [0.25, 0.3) is 0 Å². The number of carbonyl (C=O) groups excluding carboxylic acids is 1. The number of hydrogen-bond acceptors (Lipinski definition) is 4. The van der Waals surface area contributed by atoms with Gasteiger partial charge in [0, 0.05) is 30.7 Å². The molecule has 4 heteroatoms. The van der Waals surface area contributed by atoms with E-state index in [4.69, 9.17) is 9.47 Å². The Morgan fingerprint density at radius 1 is 1.14 bits per heavy atom. The topological polar surface area (TPSA) is 47.6 Å². The Hall–Kier alpha value is -1.39. The second kappa shape index (κ2) is 6.58. The van der Waals surface area contributed by atoms with Crippen molar-refractivity contribution in [2.24, 2.45) is 5.92 Å². The van der Waals surface area contributed by atoms with Crippen LogP contribution in [0.3, 0.4) is 0 Å². The molecule has 0 radical (unpaired) electrons. The largest absolute Gasteiger partial charge is 0.491 e. The Labute approximate surface area is 125 Å². The molecule has 3 rings (SSSR count). The SMILES string of the molecule is COCCOc1ccc(C(=O)C2CC3CCC(C2)N3)cc1. The normalized spacial score (nSPS) is 27.6. The van der Waals surface area contributed by atoms with Gasteiger partial charge in [-0.05, 0) is 49.9 Å². The summed E-state index contributed by atoms with van der Waals surface area (Å²) in [6.45, 7) is 1.10. The van der Waals surface area contributed by atoms with Crippen LogP contribution in [0.1, 0.15) is 36.0 Å². The number of benzene rings is 1. The van der Waals surface area contributed by atoms with Gasteiger partial charge in [-0.15, -0.1) is 0 Å². The maximum Gasteiger partial charge on any atom is 0.166 e. The molecule has 1 aromatic rings. The lowest BCUT2D eigenvalue weighted by atomic mass is 9.86. The van der Waals surface area contributed by atoms with E-state index in [0.29, 0.717) is 25.3 Å². The highest BCUT2D eigenvalue weighted by molar-refractivity contribution is 5.98. The average Bonchev–Trinajstić information content (AvgIpc) is 2.86. The first-order valence-electron chi connectivity index (χ1n) is 7.78. The summed E-state index contributed by atoms with van der Waals surface area (Å²) in [6.07, 6.45) is 4.42. The maximum atomic E-state index is 12.6. The van der Waals surface area contributed by atoms with Crippen LogP contribution in [0, 0.1) is 5.92 Å². The lowest BCUT2D eigenvalue weighted by molar-refractivity contribution is 0.0875. The zero-order valence-corrected chi connectivity index (χ0v) is 12.5. The lowest BCUT2D eigenvalue weighted by Gasteiger charge is -2.28. The molecule has 21 heavy (non-hydrogen) atoms. The third-order valence-corrected chi connectivity index (χ3v) is 4.54. The van der Waals surface area contributed by atoms with Gasteiger partial charge in [0.05, 0.1) is 6.61 Å². The number of ether oxygens (including phenoxy) is 2. The standard InChI is InChI=1S/C17H23NO3/c1-20-8-9-21-16-6-2-12(3-7-16)17(19)13-10-14-4-5-15(11-13)18-14/h2-3,6-7,13-15,18H,4-5,8-11H2,1H3. The zero-order valence-electron chi connectivity index (χ0n) is 12.5. The van der Waals surface area contributed by atoms with Gasteiger partial charge in [0.25, 0.3) is 0 Å². The molecular formula is C17H23NO3. The Balaban J connectivity index is 1.59. The second-order valence-corrected chi connectivity index (χ2v) is 6.04. The Morgan fingerprint density at radius 3 is 2.43 bits per heavy atom. The molecule has 0 amide bonds. The van der Waals surface area contributed by atoms with Crippen molar-refractivity contribution < 1.29 is 14.3 Å².